The standard InChI is InChI=1S/C23H15Cl2NO3/c1-28-22-12-15(11-17(14-26)16-5-3-2-4-6-16)7-10-21(22)29-23(27)19-9-8-18(24)13-20(19)25/h2-13H,1H3. The summed E-state index contributed by atoms with van der Waals surface area (Å²) >= 11 is 11.9. The summed E-state index contributed by atoms with van der Waals surface area (Å²) in [6, 6.07) is 21.1. The van der Waals surface area contributed by atoms with Gasteiger partial charge in [-0.25, -0.2) is 4.79 Å². The quantitative estimate of drug-likeness (QED) is 0.209. The van der Waals surface area contributed by atoms with Crippen molar-refractivity contribution in [1.82, 2.24) is 0 Å². The Labute approximate surface area is 178 Å². The number of rotatable bonds is 5. The number of esters is 1. The van der Waals surface area contributed by atoms with E-state index in [-0.39, 0.29) is 16.3 Å². The van der Waals surface area contributed by atoms with Gasteiger partial charge >= 0.3 is 5.97 Å². The van der Waals surface area contributed by atoms with Gasteiger partial charge in [-0.15, -0.1) is 0 Å². The minimum Gasteiger partial charge on any atom is -0.493 e. The Kier molecular flexibility index (Phi) is 6.56. The number of hydrogen-bond donors (Lipinski definition) is 0. The lowest BCUT2D eigenvalue weighted by Crippen LogP contribution is -2.10. The second-order valence-corrected chi connectivity index (χ2v) is 6.80. The Bertz CT molecular complexity index is 1120. The van der Waals surface area contributed by atoms with Crippen LogP contribution in [-0.4, -0.2) is 13.1 Å². The largest absolute Gasteiger partial charge is 0.493 e. The van der Waals surface area contributed by atoms with E-state index >= 15 is 0 Å². The molecular formula is C23H15Cl2NO3. The minimum absolute atomic E-state index is 0.193. The fourth-order valence-corrected chi connectivity index (χ4v) is 3.12. The predicted octanol–water partition coefficient (Wildman–Crippen LogP) is 6.29. The van der Waals surface area contributed by atoms with Crippen LogP contribution in [0.25, 0.3) is 11.6 Å². The van der Waals surface area contributed by atoms with Crippen molar-refractivity contribution in [3.05, 3.63) is 93.5 Å². The van der Waals surface area contributed by atoms with Crippen LogP contribution < -0.4 is 9.47 Å². The van der Waals surface area contributed by atoms with Crippen LogP contribution in [0.2, 0.25) is 10.0 Å². The van der Waals surface area contributed by atoms with Crippen molar-refractivity contribution in [1.29, 1.82) is 5.26 Å². The Hall–Kier alpha value is -3.26. The SMILES string of the molecule is COc1cc(C=C(C#N)c2ccccc2)ccc1OC(=O)c1ccc(Cl)cc1Cl. The number of nitriles is 1. The molecule has 29 heavy (non-hydrogen) atoms. The van der Waals surface area contributed by atoms with Crippen LogP contribution in [0.5, 0.6) is 11.5 Å². The molecule has 0 unspecified atom stereocenters. The molecule has 0 radical (unpaired) electrons. The fourth-order valence-electron chi connectivity index (χ4n) is 2.63. The monoisotopic (exact) mass is 423 g/mol. The molecule has 0 heterocycles. The highest BCUT2D eigenvalue weighted by molar-refractivity contribution is 6.36. The van der Waals surface area contributed by atoms with Gasteiger partial charge in [0, 0.05) is 5.02 Å². The van der Waals surface area contributed by atoms with E-state index in [0.29, 0.717) is 16.3 Å². The lowest BCUT2D eigenvalue weighted by atomic mass is 10.0. The summed E-state index contributed by atoms with van der Waals surface area (Å²) in [5.74, 6) is -0.0447. The zero-order valence-electron chi connectivity index (χ0n) is 15.4. The number of allylic oxidation sites excluding steroid dienone is 1. The third kappa shape index (κ3) is 4.97. The maximum Gasteiger partial charge on any atom is 0.345 e. The van der Waals surface area contributed by atoms with E-state index < -0.39 is 5.97 Å². The van der Waals surface area contributed by atoms with E-state index in [1.54, 1.807) is 30.3 Å². The van der Waals surface area contributed by atoms with E-state index in [2.05, 4.69) is 6.07 Å². The van der Waals surface area contributed by atoms with Crippen molar-refractivity contribution in [3.63, 3.8) is 0 Å². The van der Waals surface area contributed by atoms with Gasteiger partial charge in [0.25, 0.3) is 0 Å². The summed E-state index contributed by atoms with van der Waals surface area (Å²) in [5, 5.41) is 10.1. The fraction of sp³-hybridized carbons (Fsp3) is 0.0435. The maximum absolute atomic E-state index is 12.4. The molecule has 0 N–H and O–H groups in total. The third-order valence-electron chi connectivity index (χ3n) is 4.06. The Morgan fingerprint density at radius 1 is 1.00 bits per heavy atom. The normalized spacial score (nSPS) is 10.9. The Balaban J connectivity index is 1.88. The first kappa shape index (κ1) is 20.5. The molecule has 0 fully saturated rings. The van der Waals surface area contributed by atoms with Crippen LogP contribution in [0.1, 0.15) is 21.5 Å². The van der Waals surface area contributed by atoms with Gasteiger partial charge in [-0.3, -0.25) is 0 Å². The lowest BCUT2D eigenvalue weighted by Gasteiger charge is -2.11. The second-order valence-electron chi connectivity index (χ2n) is 5.96. The van der Waals surface area contributed by atoms with Crippen LogP contribution in [-0.2, 0) is 0 Å². The molecule has 0 amide bonds. The number of carbonyl (C=O) groups is 1. The summed E-state index contributed by atoms with van der Waals surface area (Å²) < 4.78 is 10.8. The molecule has 144 valence electrons. The van der Waals surface area contributed by atoms with Crippen LogP contribution in [0.3, 0.4) is 0 Å². The van der Waals surface area contributed by atoms with Crippen LogP contribution in [0, 0.1) is 11.3 Å². The number of methoxy groups -OCH3 is 1. The lowest BCUT2D eigenvalue weighted by molar-refractivity contribution is 0.0730. The van der Waals surface area contributed by atoms with Gasteiger partial charge in [-0.1, -0.05) is 59.6 Å². The number of halogens is 2. The molecule has 0 saturated carbocycles. The molecule has 0 aliphatic carbocycles. The molecule has 0 aliphatic rings. The highest BCUT2D eigenvalue weighted by Gasteiger charge is 2.16. The predicted molar refractivity (Wildman–Crippen MR) is 114 cm³/mol. The van der Waals surface area contributed by atoms with Crippen molar-refractivity contribution in [2.24, 2.45) is 0 Å². The number of carbonyl (C=O) groups excluding carboxylic acids is 1. The van der Waals surface area contributed by atoms with Gasteiger partial charge in [0.15, 0.2) is 11.5 Å². The van der Waals surface area contributed by atoms with Crippen LogP contribution in [0.15, 0.2) is 66.7 Å². The highest BCUT2D eigenvalue weighted by Crippen LogP contribution is 2.31. The summed E-state index contributed by atoms with van der Waals surface area (Å²) in [4.78, 5) is 12.4. The molecule has 4 nitrogen and oxygen atoms in total. The average Bonchev–Trinajstić information content (AvgIpc) is 2.73. The van der Waals surface area contributed by atoms with Gasteiger partial charge in [0.05, 0.1) is 29.3 Å². The second kappa shape index (κ2) is 9.29. The van der Waals surface area contributed by atoms with E-state index in [4.69, 9.17) is 32.7 Å². The number of benzene rings is 3. The molecule has 0 saturated heterocycles. The first-order chi connectivity index (χ1) is 14.0. The van der Waals surface area contributed by atoms with Crippen molar-refractivity contribution in [2.75, 3.05) is 7.11 Å². The Morgan fingerprint density at radius 3 is 2.41 bits per heavy atom. The van der Waals surface area contributed by atoms with E-state index in [0.717, 1.165) is 11.1 Å². The van der Waals surface area contributed by atoms with E-state index in [9.17, 15) is 10.1 Å². The topological polar surface area (TPSA) is 59.3 Å². The summed E-state index contributed by atoms with van der Waals surface area (Å²) in [5.41, 5.74) is 2.23. The zero-order valence-corrected chi connectivity index (χ0v) is 16.9. The molecule has 0 spiro atoms. The van der Waals surface area contributed by atoms with Gasteiger partial charge in [0.1, 0.15) is 0 Å². The summed E-state index contributed by atoms with van der Waals surface area (Å²) in [6.07, 6.45) is 1.74. The van der Waals surface area contributed by atoms with Gasteiger partial charge < -0.3 is 9.47 Å². The van der Waals surface area contributed by atoms with Gasteiger partial charge in [0.2, 0.25) is 0 Å². The third-order valence-corrected chi connectivity index (χ3v) is 4.61. The van der Waals surface area contributed by atoms with Crippen LogP contribution in [0.4, 0.5) is 0 Å². The molecule has 0 bridgehead atoms. The molecular weight excluding hydrogens is 409 g/mol. The number of ether oxygens (including phenoxy) is 2. The molecule has 6 heteroatoms. The molecule has 0 aliphatic heterocycles. The molecule has 0 aromatic heterocycles. The number of nitrogens with zero attached hydrogens (tertiary/aromatic N) is 1. The summed E-state index contributed by atoms with van der Waals surface area (Å²) in [7, 11) is 1.47. The van der Waals surface area contributed by atoms with Gasteiger partial charge in [-0.2, -0.15) is 5.26 Å². The number of hydrogen-bond acceptors (Lipinski definition) is 4. The minimum atomic E-state index is -0.629. The molecule has 3 aromatic rings. The van der Waals surface area contributed by atoms with E-state index in [1.165, 1.54) is 19.2 Å². The zero-order chi connectivity index (χ0) is 20.8. The smallest absolute Gasteiger partial charge is 0.345 e. The van der Waals surface area contributed by atoms with E-state index in [1.807, 2.05) is 30.3 Å². The van der Waals surface area contributed by atoms with Crippen molar-refractivity contribution in [2.45, 2.75) is 0 Å². The summed E-state index contributed by atoms with van der Waals surface area (Å²) in [6.45, 7) is 0. The van der Waals surface area contributed by atoms with Crippen molar-refractivity contribution in [3.8, 4) is 17.6 Å². The first-order valence-electron chi connectivity index (χ1n) is 8.54. The first-order valence-corrected chi connectivity index (χ1v) is 9.30. The average molecular weight is 424 g/mol. The maximum atomic E-state index is 12.4. The van der Waals surface area contributed by atoms with Crippen molar-refractivity contribution < 1.29 is 14.3 Å². The molecule has 3 aromatic carbocycles. The molecule has 3 rings (SSSR count). The molecule has 0 atom stereocenters. The van der Waals surface area contributed by atoms with Crippen molar-refractivity contribution >= 4 is 40.8 Å². The highest BCUT2D eigenvalue weighted by atomic mass is 35.5. The van der Waals surface area contributed by atoms with Gasteiger partial charge in [-0.05, 0) is 47.5 Å². The van der Waals surface area contributed by atoms with Crippen LogP contribution >= 0.6 is 23.2 Å². The Morgan fingerprint density at radius 2 is 1.76 bits per heavy atom.